The van der Waals surface area contributed by atoms with Gasteiger partial charge in [0.15, 0.2) is 0 Å². The van der Waals surface area contributed by atoms with E-state index in [1.165, 1.54) is 22.3 Å². The number of carbonyl (C=O) groups is 1. The molecule has 5 rings (SSSR count). The van der Waals surface area contributed by atoms with Crippen molar-refractivity contribution in [3.05, 3.63) is 77.1 Å². The second kappa shape index (κ2) is 9.88. The van der Waals surface area contributed by atoms with E-state index in [2.05, 4.69) is 47.0 Å². The van der Waals surface area contributed by atoms with Gasteiger partial charge in [0.25, 0.3) is 5.91 Å². The maximum absolute atomic E-state index is 12.8. The maximum atomic E-state index is 12.8. The number of amides is 1. The summed E-state index contributed by atoms with van der Waals surface area (Å²) >= 11 is 0. The van der Waals surface area contributed by atoms with Crippen molar-refractivity contribution in [2.75, 3.05) is 47.8 Å². The Balaban J connectivity index is 1.44. The van der Waals surface area contributed by atoms with Crippen molar-refractivity contribution >= 4 is 16.9 Å². The van der Waals surface area contributed by atoms with Gasteiger partial charge in [-0.15, -0.1) is 0 Å². The van der Waals surface area contributed by atoms with Gasteiger partial charge in [0.2, 0.25) is 0 Å². The highest BCUT2D eigenvalue weighted by Gasteiger charge is 2.18. The molecule has 1 aliphatic rings. The minimum absolute atomic E-state index is 0.0414. The number of rotatable bonds is 6. The van der Waals surface area contributed by atoms with Crippen LogP contribution < -0.4 is 0 Å². The van der Waals surface area contributed by atoms with Crippen LogP contribution in [0.5, 0.6) is 0 Å². The number of pyridine rings is 1. The molecule has 1 N–H and O–H groups in total. The number of nitrogens with zero attached hydrogens (tertiary/aromatic N) is 4. The van der Waals surface area contributed by atoms with Gasteiger partial charge >= 0.3 is 0 Å². The molecule has 3 heterocycles. The number of aromatic nitrogens is 2. The van der Waals surface area contributed by atoms with Crippen LogP contribution >= 0.6 is 0 Å². The highest BCUT2D eigenvalue weighted by atomic mass is 16.2. The van der Waals surface area contributed by atoms with Crippen LogP contribution in [0, 0.1) is 6.92 Å². The summed E-state index contributed by atoms with van der Waals surface area (Å²) in [7, 11) is 8.07. The molecule has 0 bridgehead atoms. The fourth-order valence-corrected chi connectivity index (χ4v) is 5.09. The summed E-state index contributed by atoms with van der Waals surface area (Å²) in [4.78, 5) is 27.1. The molecular formula is C30H35N5O. The molecule has 0 aliphatic carbocycles. The third kappa shape index (κ3) is 4.79. The molecule has 2 aromatic carbocycles. The molecule has 2 aromatic heterocycles. The molecule has 0 saturated heterocycles. The highest BCUT2D eigenvalue weighted by molar-refractivity contribution is 5.98. The fraction of sp³-hybridized carbons (Fsp3) is 0.333. The monoisotopic (exact) mass is 481 g/mol. The number of carbonyl (C=O) groups excluding carboxylic acids is 1. The van der Waals surface area contributed by atoms with Gasteiger partial charge in [0, 0.05) is 67.7 Å². The molecule has 0 spiro atoms. The van der Waals surface area contributed by atoms with Crippen molar-refractivity contribution < 1.29 is 4.79 Å². The zero-order valence-electron chi connectivity index (χ0n) is 21.9. The van der Waals surface area contributed by atoms with Crippen LogP contribution in [0.4, 0.5) is 0 Å². The first-order chi connectivity index (χ1) is 17.3. The van der Waals surface area contributed by atoms with E-state index in [4.69, 9.17) is 4.98 Å². The lowest BCUT2D eigenvalue weighted by Gasteiger charge is -2.27. The Kier molecular flexibility index (Phi) is 6.65. The SMILES string of the molecule is Cc1cc(-c2cnc3[nH]cc(-c4ccc(C(=O)N(C)CCN(C)C)cc4)c3c2)cc2c1CCN(C)C2. The second-order valence-corrected chi connectivity index (χ2v) is 10.3. The quantitative estimate of drug-likeness (QED) is 0.429. The van der Waals surface area contributed by atoms with Gasteiger partial charge in [0.05, 0.1) is 0 Å². The zero-order chi connectivity index (χ0) is 25.4. The maximum Gasteiger partial charge on any atom is 0.253 e. The summed E-state index contributed by atoms with van der Waals surface area (Å²) in [6.45, 7) is 5.87. The molecule has 0 saturated carbocycles. The van der Waals surface area contributed by atoms with Crippen LogP contribution in [0.3, 0.4) is 0 Å². The Morgan fingerprint density at radius 1 is 1.03 bits per heavy atom. The lowest BCUT2D eigenvalue weighted by molar-refractivity contribution is 0.0786. The predicted octanol–water partition coefficient (Wildman–Crippen LogP) is 4.83. The number of nitrogens with one attached hydrogen (secondary N) is 1. The van der Waals surface area contributed by atoms with Gasteiger partial charge < -0.3 is 19.7 Å². The first-order valence-electron chi connectivity index (χ1n) is 12.6. The number of hydrogen-bond donors (Lipinski definition) is 1. The molecule has 4 aromatic rings. The number of benzene rings is 2. The standard InChI is InChI=1S/C30H35N5O/c1-20-14-23(15-25-19-34(4)11-10-26(20)25)24-16-27-28(18-32-29(27)31-17-24)21-6-8-22(9-7-21)30(36)35(5)13-12-33(2)3/h6-9,14-18H,10-13,19H2,1-5H3,(H,31,32). The number of fused-ring (bicyclic) bond motifs is 2. The summed E-state index contributed by atoms with van der Waals surface area (Å²) in [6, 6.07) is 14.8. The highest BCUT2D eigenvalue weighted by Crippen LogP contribution is 2.33. The predicted molar refractivity (Wildman–Crippen MR) is 147 cm³/mol. The summed E-state index contributed by atoms with van der Waals surface area (Å²) in [6.07, 6.45) is 5.08. The largest absolute Gasteiger partial charge is 0.346 e. The summed E-state index contributed by atoms with van der Waals surface area (Å²) < 4.78 is 0. The molecule has 0 atom stereocenters. The Morgan fingerprint density at radius 3 is 2.56 bits per heavy atom. The normalized spacial score (nSPS) is 13.8. The van der Waals surface area contributed by atoms with Crippen molar-refractivity contribution in [1.29, 1.82) is 0 Å². The molecule has 1 amide bonds. The molecule has 36 heavy (non-hydrogen) atoms. The van der Waals surface area contributed by atoms with Crippen LogP contribution in [-0.4, -0.2) is 78.4 Å². The Hall–Kier alpha value is -3.48. The van der Waals surface area contributed by atoms with Crippen molar-refractivity contribution in [3.8, 4) is 22.3 Å². The summed E-state index contributed by atoms with van der Waals surface area (Å²) in [5.74, 6) is 0.0414. The van der Waals surface area contributed by atoms with Gasteiger partial charge in [-0.2, -0.15) is 0 Å². The van der Waals surface area contributed by atoms with E-state index >= 15 is 0 Å². The Labute approximate surface area is 213 Å². The average Bonchev–Trinajstić information content (AvgIpc) is 3.30. The zero-order valence-corrected chi connectivity index (χ0v) is 21.9. The van der Waals surface area contributed by atoms with Gasteiger partial charge in [-0.25, -0.2) is 4.98 Å². The van der Waals surface area contributed by atoms with E-state index in [0.717, 1.165) is 53.8 Å². The van der Waals surface area contributed by atoms with E-state index in [-0.39, 0.29) is 5.91 Å². The summed E-state index contributed by atoms with van der Waals surface area (Å²) in [5, 5.41) is 1.09. The van der Waals surface area contributed by atoms with Crippen LogP contribution in [0.2, 0.25) is 0 Å². The Morgan fingerprint density at radius 2 is 1.81 bits per heavy atom. The molecule has 0 unspecified atom stereocenters. The smallest absolute Gasteiger partial charge is 0.253 e. The van der Waals surface area contributed by atoms with Crippen LogP contribution in [0.1, 0.15) is 27.0 Å². The second-order valence-electron chi connectivity index (χ2n) is 10.3. The van der Waals surface area contributed by atoms with Crippen molar-refractivity contribution in [3.63, 3.8) is 0 Å². The van der Waals surface area contributed by atoms with E-state index in [1.54, 1.807) is 4.90 Å². The minimum Gasteiger partial charge on any atom is -0.346 e. The Bertz CT molecular complexity index is 1400. The molecule has 6 heteroatoms. The van der Waals surface area contributed by atoms with E-state index in [0.29, 0.717) is 12.1 Å². The topological polar surface area (TPSA) is 55.5 Å². The van der Waals surface area contributed by atoms with E-state index < -0.39 is 0 Å². The van der Waals surface area contributed by atoms with Gasteiger partial charge in [-0.05, 0) is 86.6 Å². The van der Waals surface area contributed by atoms with Crippen molar-refractivity contribution in [1.82, 2.24) is 24.7 Å². The molecule has 0 radical (unpaired) electrons. The number of likely N-dealkylation sites (N-methyl/N-ethyl adjacent to an activating group) is 3. The first kappa shape index (κ1) is 24.2. The van der Waals surface area contributed by atoms with Gasteiger partial charge in [-0.3, -0.25) is 4.79 Å². The lowest BCUT2D eigenvalue weighted by atomic mass is 9.91. The van der Waals surface area contributed by atoms with E-state index in [1.807, 2.05) is 57.8 Å². The van der Waals surface area contributed by atoms with Crippen molar-refractivity contribution in [2.45, 2.75) is 19.9 Å². The lowest BCUT2D eigenvalue weighted by Crippen LogP contribution is -2.33. The van der Waals surface area contributed by atoms with Crippen LogP contribution in [0.15, 0.2) is 54.9 Å². The van der Waals surface area contributed by atoms with Gasteiger partial charge in [0.1, 0.15) is 5.65 Å². The average molecular weight is 482 g/mol. The van der Waals surface area contributed by atoms with Crippen molar-refractivity contribution in [2.24, 2.45) is 0 Å². The van der Waals surface area contributed by atoms with E-state index in [9.17, 15) is 4.79 Å². The fourth-order valence-electron chi connectivity index (χ4n) is 5.09. The number of hydrogen-bond acceptors (Lipinski definition) is 4. The minimum atomic E-state index is 0.0414. The third-order valence-corrected chi connectivity index (χ3v) is 7.29. The number of aromatic amines is 1. The van der Waals surface area contributed by atoms with Gasteiger partial charge in [-0.1, -0.05) is 18.2 Å². The molecular weight excluding hydrogens is 446 g/mol. The summed E-state index contributed by atoms with van der Waals surface area (Å²) in [5.41, 5.74) is 10.3. The number of H-pyrrole nitrogens is 1. The van der Waals surface area contributed by atoms with Crippen LogP contribution in [-0.2, 0) is 13.0 Å². The van der Waals surface area contributed by atoms with Crippen LogP contribution in [0.25, 0.3) is 33.3 Å². The molecule has 6 nitrogen and oxygen atoms in total. The number of aryl methyl sites for hydroxylation is 1. The third-order valence-electron chi connectivity index (χ3n) is 7.29. The molecule has 0 fully saturated rings. The molecule has 1 aliphatic heterocycles. The first-order valence-corrected chi connectivity index (χ1v) is 12.6. The molecule has 186 valence electrons.